The molecule has 1 aromatic carbocycles. The van der Waals surface area contributed by atoms with Gasteiger partial charge in [-0.2, -0.15) is 0 Å². The highest BCUT2D eigenvalue weighted by Crippen LogP contribution is 2.22. The fourth-order valence-electron chi connectivity index (χ4n) is 2.13. The highest BCUT2D eigenvalue weighted by molar-refractivity contribution is 5.86. The van der Waals surface area contributed by atoms with Gasteiger partial charge in [0.25, 0.3) is 0 Å². The Morgan fingerprint density at radius 3 is 2.84 bits per heavy atom. The zero-order valence-corrected chi connectivity index (χ0v) is 11.6. The maximum atomic E-state index is 12.3. The first kappa shape index (κ1) is 13.6. The Bertz CT molecular complexity index is 529. The van der Waals surface area contributed by atoms with Gasteiger partial charge in [0.2, 0.25) is 5.91 Å². The molecule has 1 aromatic heterocycles. The molecule has 2 aromatic rings. The second-order valence-electron chi connectivity index (χ2n) is 4.79. The van der Waals surface area contributed by atoms with Gasteiger partial charge in [-0.1, -0.05) is 18.2 Å². The zero-order valence-electron chi connectivity index (χ0n) is 11.6. The largest absolute Gasteiger partial charge is 0.383 e. The number of rotatable bonds is 5. The van der Waals surface area contributed by atoms with Gasteiger partial charge >= 0.3 is 0 Å². The molecule has 19 heavy (non-hydrogen) atoms. The molecule has 0 saturated carbocycles. The van der Waals surface area contributed by atoms with Gasteiger partial charge in [-0.15, -0.1) is 0 Å². The van der Waals surface area contributed by atoms with Gasteiger partial charge in [-0.05, 0) is 24.4 Å². The minimum absolute atomic E-state index is 0.101. The number of fused-ring (bicyclic) bond motifs is 1. The van der Waals surface area contributed by atoms with E-state index in [4.69, 9.17) is 4.74 Å². The number of benzene rings is 1. The molecule has 0 radical (unpaired) electrons. The number of amides is 1. The van der Waals surface area contributed by atoms with Crippen LogP contribution in [0.2, 0.25) is 0 Å². The molecule has 0 spiro atoms. The Kier molecular flexibility index (Phi) is 4.22. The number of nitrogens with zero attached hydrogens (tertiary/aromatic N) is 1. The number of hydrogen-bond donors (Lipinski definition) is 1. The van der Waals surface area contributed by atoms with Gasteiger partial charge in [0.15, 0.2) is 0 Å². The number of nitrogens with one attached hydrogen (secondary N) is 1. The Balaban J connectivity index is 2.14. The molecule has 2 rings (SSSR count). The summed E-state index contributed by atoms with van der Waals surface area (Å²) in [6, 6.07) is 10.1. The molecule has 1 atom stereocenters. The second kappa shape index (κ2) is 5.89. The Labute approximate surface area is 113 Å². The Morgan fingerprint density at radius 2 is 2.16 bits per heavy atom. The lowest BCUT2D eigenvalue weighted by Crippen LogP contribution is -2.33. The maximum absolute atomic E-state index is 12.3. The topological polar surface area (TPSA) is 45.3 Å². The van der Waals surface area contributed by atoms with E-state index < -0.39 is 0 Å². The van der Waals surface area contributed by atoms with E-state index in [-0.39, 0.29) is 11.8 Å². The summed E-state index contributed by atoms with van der Waals surface area (Å²) in [5.74, 6) is -0.0714. The number of hydrogen-bond acceptors (Lipinski definition) is 2. The zero-order chi connectivity index (χ0) is 13.8. The number of likely N-dealkylation sites (N-methyl/N-ethyl adjacent to an activating group) is 1. The summed E-state index contributed by atoms with van der Waals surface area (Å²) in [5.41, 5.74) is 2.02. The van der Waals surface area contributed by atoms with E-state index >= 15 is 0 Å². The lowest BCUT2D eigenvalue weighted by atomic mass is 10.1. The summed E-state index contributed by atoms with van der Waals surface area (Å²) >= 11 is 0. The first-order chi connectivity index (χ1) is 9.13. The fourth-order valence-corrected chi connectivity index (χ4v) is 2.13. The molecule has 0 fully saturated rings. The minimum atomic E-state index is -0.172. The lowest BCUT2D eigenvalue weighted by Gasteiger charge is -2.20. The summed E-state index contributed by atoms with van der Waals surface area (Å²) in [6.07, 6.45) is 0. The first-order valence-corrected chi connectivity index (χ1v) is 6.45. The number of carbonyl (C=O) groups excluding carboxylic acids is 1. The van der Waals surface area contributed by atoms with E-state index in [1.54, 1.807) is 19.1 Å². The van der Waals surface area contributed by atoms with Crippen LogP contribution in [0.3, 0.4) is 0 Å². The van der Waals surface area contributed by atoms with Gasteiger partial charge in [0.05, 0.1) is 12.5 Å². The quantitative estimate of drug-likeness (QED) is 0.897. The molecular formula is C15H20N2O2. The minimum Gasteiger partial charge on any atom is -0.383 e. The van der Waals surface area contributed by atoms with E-state index in [1.165, 1.54) is 0 Å². The van der Waals surface area contributed by atoms with E-state index in [0.29, 0.717) is 13.2 Å². The summed E-state index contributed by atoms with van der Waals surface area (Å²) in [4.78, 5) is 17.3. The van der Waals surface area contributed by atoms with Crippen molar-refractivity contribution in [2.45, 2.75) is 12.8 Å². The molecule has 4 heteroatoms. The van der Waals surface area contributed by atoms with Crippen molar-refractivity contribution < 1.29 is 9.53 Å². The molecule has 1 N–H and O–H groups in total. The number of aromatic nitrogens is 1. The number of ether oxygens (including phenoxy) is 1. The summed E-state index contributed by atoms with van der Waals surface area (Å²) < 4.78 is 4.99. The predicted octanol–water partition coefficient (Wildman–Crippen LogP) is 2.38. The highest BCUT2D eigenvalue weighted by atomic mass is 16.5. The molecule has 102 valence electrons. The normalized spacial score (nSPS) is 12.6. The van der Waals surface area contributed by atoms with E-state index in [1.807, 2.05) is 37.3 Å². The van der Waals surface area contributed by atoms with E-state index in [9.17, 15) is 4.79 Å². The van der Waals surface area contributed by atoms with Crippen LogP contribution in [0, 0.1) is 0 Å². The van der Waals surface area contributed by atoms with Crippen LogP contribution in [-0.2, 0) is 9.53 Å². The van der Waals surface area contributed by atoms with Gasteiger partial charge in [-0.25, -0.2) is 0 Å². The van der Waals surface area contributed by atoms with Crippen LogP contribution in [-0.4, -0.2) is 43.1 Å². The van der Waals surface area contributed by atoms with Crippen LogP contribution in [0.1, 0.15) is 18.5 Å². The monoisotopic (exact) mass is 260 g/mol. The van der Waals surface area contributed by atoms with Crippen LogP contribution in [0.5, 0.6) is 0 Å². The highest BCUT2D eigenvalue weighted by Gasteiger charge is 2.20. The van der Waals surface area contributed by atoms with E-state index in [0.717, 1.165) is 16.6 Å². The average molecular weight is 260 g/mol. The Hall–Kier alpha value is -1.81. The summed E-state index contributed by atoms with van der Waals surface area (Å²) in [6.45, 7) is 3.10. The van der Waals surface area contributed by atoms with Crippen molar-refractivity contribution in [3.05, 3.63) is 36.0 Å². The SMILES string of the molecule is COCCN(C)C(=O)C(C)c1cc2ccccc2[nH]1. The third-order valence-corrected chi connectivity index (χ3v) is 3.39. The standard InChI is InChI=1S/C15H20N2O2/c1-11(15(18)17(2)8-9-19-3)14-10-12-6-4-5-7-13(12)16-14/h4-7,10-11,16H,8-9H2,1-3H3. The van der Waals surface area contributed by atoms with Crippen molar-refractivity contribution >= 4 is 16.8 Å². The van der Waals surface area contributed by atoms with Crippen LogP contribution in [0.15, 0.2) is 30.3 Å². The first-order valence-electron chi connectivity index (χ1n) is 6.45. The molecule has 4 nitrogen and oxygen atoms in total. The van der Waals surface area contributed by atoms with Crippen LogP contribution in [0.4, 0.5) is 0 Å². The molecule has 0 aliphatic rings. The predicted molar refractivity (Wildman–Crippen MR) is 76.2 cm³/mol. The average Bonchev–Trinajstić information content (AvgIpc) is 2.86. The maximum Gasteiger partial charge on any atom is 0.231 e. The van der Waals surface area contributed by atoms with Gasteiger partial charge in [-0.3, -0.25) is 4.79 Å². The third kappa shape index (κ3) is 2.96. The van der Waals surface area contributed by atoms with Gasteiger partial charge < -0.3 is 14.6 Å². The number of carbonyl (C=O) groups is 1. The number of H-pyrrole nitrogens is 1. The molecule has 1 amide bonds. The lowest BCUT2D eigenvalue weighted by molar-refractivity contribution is -0.131. The van der Waals surface area contributed by atoms with Crippen molar-refractivity contribution in [3.8, 4) is 0 Å². The van der Waals surface area contributed by atoms with Crippen molar-refractivity contribution in [3.63, 3.8) is 0 Å². The van der Waals surface area contributed by atoms with Crippen LogP contribution in [0.25, 0.3) is 10.9 Å². The van der Waals surface area contributed by atoms with Gasteiger partial charge in [0.1, 0.15) is 0 Å². The Morgan fingerprint density at radius 1 is 1.42 bits per heavy atom. The smallest absolute Gasteiger partial charge is 0.231 e. The number of aromatic amines is 1. The molecule has 0 bridgehead atoms. The number of methoxy groups -OCH3 is 1. The van der Waals surface area contributed by atoms with E-state index in [2.05, 4.69) is 4.98 Å². The third-order valence-electron chi connectivity index (χ3n) is 3.39. The molecule has 0 aliphatic carbocycles. The van der Waals surface area contributed by atoms with Crippen molar-refractivity contribution in [1.82, 2.24) is 9.88 Å². The second-order valence-corrected chi connectivity index (χ2v) is 4.79. The molecule has 1 heterocycles. The number of para-hydroxylation sites is 1. The van der Waals surface area contributed by atoms with Crippen LogP contribution < -0.4 is 0 Å². The van der Waals surface area contributed by atoms with Crippen LogP contribution >= 0.6 is 0 Å². The van der Waals surface area contributed by atoms with Gasteiger partial charge in [0, 0.05) is 31.9 Å². The molecular weight excluding hydrogens is 240 g/mol. The van der Waals surface area contributed by atoms with Crippen molar-refractivity contribution in [2.75, 3.05) is 27.3 Å². The van der Waals surface area contributed by atoms with Crippen molar-refractivity contribution in [2.24, 2.45) is 0 Å². The molecule has 0 saturated heterocycles. The molecule has 1 unspecified atom stereocenters. The summed E-state index contributed by atoms with van der Waals surface area (Å²) in [7, 11) is 3.44. The van der Waals surface area contributed by atoms with Crippen molar-refractivity contribution in [1.29, 1.82) is 0 Å². The summed E-state index contributed by atoms with van der Waals surface area (Å²) in [5, 5.41) is 1.14. The molecule has 0 aliphatic heterocycles. The fraction of sp³-hybridized carbons (Fsp3) is 0.400.